The molecule has 1 rings (SSSR count). The SMILES string of the molecule is COc1cc(N(C)C(=O)CCO)c(OC)c(C)c1C. The number of nitrogens with zero attached hydrogens (tertiary/aromatic N) is 1. The van der Waals surface area contributed by atoms with Crippen molar-refractivity contribution in [3.8, 4) is 11.5 Å². The zero-order valence-corrected chi connectivity index (χ0v) is 12.1. The van der Waals surface area contributed by atoms with Gasteiger partial charge in [-0.15, -0.1) is 0 Å². The summed E-state index contributed by atoms with van der Waals surface area (Å²) in [5, 5.41) is 8.85. The summed E-state index contributed by atoms with van der Waals surface area (Å²) in [6.07, 6.45) is 0.0783. The van der Waals surface area contributed by atoms with E-state index in [1.54, 1.807) is 27.3 Å². The maximum absolute atomic E-state index is 11.9. The van der Waals surface area contributed by atoms with Crippen LogP contribution in [0.2, 0.25) is 0 Å². The molecule has 0 bridgehead atoms. The van der Waals surface area contributed by atoms with Crippen LogP contribution in [0.1, 0.15) is 17.5 Å². The number of carbonyl (C=O) groups is 1. The maximum atomic E-state index is 11.9. The van der Waals surface area contributed by atoms with E-state index < -0.39 is 0 Å². The third-order valence-electron chi connectivity index (χ3n) is 3.26. The monoisotopic (exact) mass is 267 g/mol. The van der Waals surface area contributed by atoms with E-state index in [1.807, 2.05) is 13.8 Å². The van der Waals surface area contributed by atoms with Crippen LogP contribution in [0.3, 0.4) is 0 Å². The summed E-state index contributed by atoms with van der Waals surface area (Å²) in [6, 6.07) is 1.77. The first-order valence-electron chi connectivity index (χ1n) is 6.07. The Morgan fingerprint density at radius 1 is 1.26 bits per heavy atom. The second-order valence-corrected chi connectivity index (χ2v) is 4.31. The molecule has 0 atom stereocenters. The van der Waals surface area contributed by atoms with Gasteiger partial charge >= 0.3 is 0 Å². The van der Waals surface area contributed by atoms with Crippen molar-refractivity contribution < 1.29 is 19.4 Å². The smallest absolute Gasteiger partial charge is 0.229 e. The van der Waals surface area contributed by atoms with Crippen LogP contribution in [0, 0.1) is 13.8 Å². The van der Waals surface area contributed by atoms with Crippen LogP contribution in [0.4, 0.5) is 5.69 Å². The fourth-order valence-corrected chi connectivity index (χ4v) is 1.96. The average Bonchev–Trinajstić information content (AvgIpc) is 2.41. The Balaban J connectivity index is 3.33. The summed E-state index contributed by atoms with van der Waals surface area (Å²) in [6.45, 7) is 3.69. The second-order valence-electron chi connectivity index (χ2n) is 4.31. The van der Waals surface area contributed by atoms with Crippen LogP contribution in [0.5, 0.6) is 11.5 Å². The molecular formula is C14H21NO4. The van der Waals surface area contributed by atoms with Gasteiger partial charge in [0.1, 0.15) is 11.5 Å². The number of aliphatic hydroxyl groups excluding tert-OH is 1. The van der Waals surface area contributed by atoms with Crippen molar-refractivity contribution in [2.24, 2.45) is 0 Å². The topological polar surface area (TPSA) is 59.0 Å². The number of ether oxygens (including phenoxy) is 2. The number of methoxy groups -OCH3 is 2. The van der Waals surface area contributed by atoms with E-state index in [-0.39, 0.29) is 18.9 Å². The van der Waals surface area contributed by atoms with Gasteiger partial charge in [0.15, 0.2) is 0 Å². The van der Waals surface area contributed by atoms with Gasteiger partial charge in [0.25, 0.3) is 0 Å². The molecule has 106 valence electrons. The summed E-state index contributed by atoms with van der Waals surface area (Å²) in [4.78, 5) is 13.4. The molecule has 0 unspecified atom stereocenters. The summed E-state index contributed by atoms with van der Waals surface area (Å²) in [5.74, 6) is 1.18. The standard InChI is InChI=1S/C14H21NO4/c1-9-10(2)14(19-5)11(8-12(9)18-4)15(3)13(17)6-7-16/h8,16H,6-7H2,1-5H3. The van der Waals surface area contributed by atoms with Crippen molar-refractivity contribution in [2.45, 2.75) is 20.3 Å². The molecule has 1 N–H and O–H groups in total. The molecule has 1 amide bonds. The molecule has 0 saturated carbocycles. The minimum absolute atomic E-state index is 0.0783. The lowest BCUT2D eigenvalue weighted by molar-refractivity contribution is -0.118. The lowest BCUT2D eigenvalue weighted by atomic mass is 10.1. The van der Waals surface area contributed by atoms with E-state index in [4.69, 9.17) is 14.6 Å². The molecule has 1 aromatic rings. The fourth-order valence-electron chi connectivity index (χ4n) is 1.96. The minimum atomic E-state index is -0.175. The Hall–Kier alpha value is -1.75. The quantitative estimate of drug-likeness (QED) is 0.881. The minimum Gasteiger partial charge on any atom is -0.496 e. The Morgan fingerprint density at radius 2 is 1.89 bits per heavy atom. The van der Waals surface area contributed by atoms with Gasteiger partial charge in [-0.2, -0.15) is 0 Å². The second kappa shape index (κ2) is 6.43. The van der Waals surface area contributed by atoms with E-state index in [9.17, 15) is 4.79 Å². The number of aliphatic hydroxyl groups is 1. The van der Waals surface area contributed by atoms with E-state index in [2.05, 4.69) is 0 Å². The van der Waals surface area contributed by atoms with Crippen LogP contribution < -0.4 is 14.4 Å². The number of anilines is 1. The highest BCUT2D eigenvalue weighted by Crippen LogP contribution is 2.38. The molecule has 19 heavy (non-hydrogen) atoms. The highest BCUT2D eigenvalue weighted by Gasteiger charge is 2.20. The van der Waals surface area contributed by atoms with E-state index in [0.717, 1.165) is 11.1 Å². The fraction of sp³-hybridized carbons (Fsp3) is 0.500. The van der Waals surface area contributed by atoms with Crippen molar-refractivity contribution in [1.82, 2.24) is 0 Å². The third-order valence-corrected chi connectivity index (χ3v) is 3.26. The molecule has 0 radical (unpaired) electrons. The molecule has 0 fully saturated rings. The number of benzene rings is 1. The lowest BCUT2D eigenvalue weighted by Crippen LogP contribution is -2.27. The van der Waals surface area contributed by atoms with Gasteiger partial charge in [0.2, 0.25) is 5.91 Å². The van der Waals surface area contributed by atoms with Gasteiger partial charge < -0.3 is 19.5 Å². The van der Waals surface area contributed by atoms with Gasteiger partial charge in [-0.3, -0.25) is 4.79 Å². The lowest BCUT2D eigenvalue weighted by Gasteiger charge is -2.23. The number of hydrogen-bond acceptors (Lipinski definition) is 4. The predicted octanol–water partition coefficient (Wildman–Crippen LogP) is 1.67. The van der Waals surface area contributed by atoms with Crippen molar-refractivity contribution in [2.75, 3.05) is 32.8 Å². The molecule has 0 aliphatic carbocycles. The first-order chi connectivity index (χ1) is 8.97. The van der Waals surface area contributed by atoms with Crippen molar-refractivity contribution in [3.63, 3.8) is 0 Å². The predicted molar refractivity (Wildman–Crippen MR) is 74.1 cm³/mol. The normalized spacial score (nSPS) is 10.2. The molecule has 0 spiro atoms. The van der Waals surface area contributed by atoms with Crippen molar-refractivity contribution in [1.29, 1.82) is 0 Å². The van der Waals surface area contributed by atoms with Crippen LogP contribution in [0.15, 0.2) is 6.07 Å². The Morgan fingerprint density at radius 3 is 2.37 bits per heavy atom. The number of carbonyl (C=O) groups excluding carboxylic acids is 1. The Bertz CT molecular complexity index is 471. The van der Waals surface area contributed by atoms with Crippen LogP contribution in [-0.2, 0) is 4.79 Å². The Labute approximate surface area is 113 Å². The van der Waals surface area contributed by atoms with Crippen molar-refractivity contribution in [3.05, 3.63) is 17.2 Å². The molecule has 5 nitrogen and oxygen atoms in total. The average molecular weight is 267 g/mol. The summed E-state index contributed by atoms with van der Waals surface area (Å²) >= 11 is 0. The highest BCUT2D eigenvalue weighted by atomic mass is 16.5. The number of hydrogen-bond donors (Lipinski definition) is 1. The van der Waals surface area contributed by atoms with E-state index in [0.29, 0.717) is 17.2 Å². The summed E-state index contributed by atoms with van der Waals surface area (Å²) < 4.78 is 10.7. The molecule has 0 heterocycles. The number of rotatable bonds is 5. The summed E-state index contributed by atoms with van der Waals surface area (Å²) in [7, 11) is 4.82. The maximum Gasteiger partial charge on any atom is 0.229 e. The molecule has 0 aliphatic heterocycles. The molecule has 0 aliphatic rings. The molecule has 0 aromatic heterocycles. The largest absolute Gasteiger partial charge is 0.496 e. The van der Waals surface area contributed by atoms with Crippen LogP contribution in [0.25, 0.3) is 0 Å². The van der Waals surface area contributed by atoms with Gasteiger partial charge in [0.05, 0.1) is 32.9 Å². The third kappa shape index (κ3) is 2.98. The highest BCUT2D eigenvalue weighted by molar-refractivity contribution is 5.95. The van der Waals surface area contributed by atoms with E-state index >= 15 is 0 Å². The summed E-state index contributed by atoms with van der Waals surface area (Å²) in [5.41, 5.74) is 2.55. The number of amides is 1. The van der Waals surface area contributed by atoms with Gasteiger partial charge in [-0.05, 0) is 25.0 Å². The molecule has 0 saturated heterocycles. The zero-order valence-electron chi connectivity index (χ0n) is 12.1. The van der Waals surface area contributed by atoms with Crippen LogP contribution >= 0.6 is 0 Å². The molecular weight excluding hydrogens is 246 g/mol. The first kappa shape index (κ1) is 15.3. The van der Waals surface area contributed by atoms with Crippen molar-refractivity contribution >= 4 is 11.6 Å². The van der Waals surface area contributed by atoms with E-state index in [1.165, 1.54) is 4.90 Å². The van der Waals surface area contributed by atoms with Gasteiger partial charge in [-0.25, -0.2) is 0 Å². The molecule has 5 heteroatoms. The van der Waals surface area contributed by atoms with Gasteiger partial charge in [-0.1, -0.05) is 0 Å². The van der Waals surface area contributed by atoms with Gasteiger partial charge in [0, 0.05) is 13.1 Å². The first-order valence-corrected chi connectivity index (χ1v) is 6.07. The van der Waals surface area contributed by atoms with Crippen LogP contribution in [-0.4, -0.2) is 38.9 Å². The molecule has 1 aromatic carbocycles. The Kier molecular flexibility index (Phi) is 5.18. The zero-order chi connectivity index (χ0) is 14.6.